The molecule has 6 heteroatoms. The van der Waals surface area contributed by atoms with E-state index < -0.39 is 0 Å². The van der Waals surface area contributed by atoms with E-state index in [1.54, 1.807) is 22.2 Å². The number of thiophene rings is 1. The molecule has 2 aromatic rings. The first-order chi connectivity index (χ1) is 8.15. The fourth-order valence-corrected chi connectivity index (χ4v) is 2.11. The zero-order valence-electron chi connectivity index (χ0n) is 9.73. The van der Waals surface area contributed by atoms with E-state index in [4.69, 9.17) is 0 Å². The molecule has 0 aliphatic rings. The van der Waals surface area contributed by atoms with Crippen LogP contribution in [0.25, 0.3) is 0 Å². The topological polar surface area (TPSA) is 59.0 Å². The van der Waals surface area contributed by atoms with Crippen molar-refractivity contribution in [1.82, 2.24) is 15.1 Å². The molecule has 2 rings (SSSR count). The molecule has 0 spiro atoms. The molecule has 0 unspecified atom stereocenters. The van der Waals surface area contributed by atoms with E-state index in [0.29, 0.717) is 6.54 Å². The molecular formula is C11H14N4OS. The molecule has 90 valence electrons. The van der Waals surface area contributed by atoms with Crippen LogP contribution in [0.5, 0.6) is 0 Å². The average Bonchev–Trinajstić information content (AvgIpc) is 2.87. The third-order valence-electron chi connectivity index (χ3n) is 2.26. The van der Waals surface area contributed by atoms with Crippen molar-refractivity contribution in [2.24, 2.45) is 7.05 Å². The minimum atomic E-state index is -0.213. The van der Waals surface area contributed by atoms with Crippen LogP contribution in [-0.4, -0.2) is 15.8 Å². The van der Waals surface area contributed by atoms with Gasteiger partial charge in [0.15, 0.2) is 0 Å². The van der Waals surface area contributed by atoms with Crippen molar-refractivity contribution in [3.05, 3.63) is 34.3 Å². The highest BCUT2D eigenvalue weighted by atomic mass is 32.1. The Labute approximate surface area is 103 Å². The lowest BCUT2D eigenvalue weighted by molar-refractivity contribution is 0.252. The van der Waals surface area contributed by atoms with Gasteiger partial charge in [0.2, 0.25) is 0 Å². The Morgan fingerprint density at radius 2 is 2.41 bits per heavy atom. The van der Waals surface area contributed by atoms with Crippen LogP contribution in [0.1, 0.15) is 10.6 Å². The molecule has 5 nitrogen and oxygen atoms in total. The maximum atomic E-state index is 11.6. The number of hydrogen-bond donors (Lipinski definition) is 2. The molecule has 0 aliphatic carbocycles. The molecule has 2 N–H and O–H groups in total. The molecular weight excluding hydrogens is 236 g/mol. The molecule has 0 bridgehead atoms. The highest BCUT2D eigenvalue weighted by Crippen LogP contribution is 2.11. The average molecular weight is 250 g/mol. The first-order valence-corrected chi connectivity index (χ1v) is 6.10. The maximum absolute atomic E-state index is 11.6. The van der Waals surface area contributed by atoms with Gasteiger partial charge < -0.3 is 10.6 Å². The Bertz CT molecular complexity index is 504. The number of carbonyl (C=O) groups excluding carboxylic acids is 1. The zero-order chi connectivity index (χ0) is 12.3. The van der Waals surface area contributed by atoms with E-state index in [1.165, 1.54) is 0 Å². The van der Waals surface area contributed by atoms with Crippen molar-refractivity contribution in [2.75, 3.05) is 5.32 Å². The number of hydrogen-bond acceptors (Lipinski definition) is 3. The molecule has 0 radical (unpaired) electrons. The van der Waals surface area contributed by atoms with Gasteiger partial charge in [0.05, 0.1) is 17.9 Å². The largest absolute Gasteiger partial charge is 0.333 e. The second-order valence-corrected chi connectivity index (χ2v) is 4.72. The molecule has 0 aliphatic heterocycles. The van der Waals surface area contributed by atoms with Crippen LogP contribution in [0.3, 0.4) is 0 Å². The first-order valence-electron chi connectivity index (χ1n) is 5.22. The van der Waals surface area contributed by atoms with Gasteiger partial charge in [-0.2, -0.15) is 5.10 Å². The quantitative estimate of drug-likeness (QED) is 0.876. The van der Waals surface area contributed by atoms with E-state index in [-0.39, 0.29) is 6.03 Å². The Morgan fingerprint density at radius 1 is 1.59 bits per heavy atom. The Morgan fingerprint density at radius 3 is 3.00 bits per heavy atom. The molecule has 17 heavy (non-hydrogen) atoms. The predicted molar refractivity (Wildman–Crippen MR) is 68.1 cm³/mol. The third-order valence-corrected chi connectivity index (χ3v) is 3.14. The minimum Gasteiger partial charge on any atom is -0.333 e. The number of nitrogens with one attached hydrogen (secondary N) is 2. The number of nitrogens with zero attached hydrogens (tertiary/aromatic N) is 2. The maximum Gasteiger partial charge on any atom is 0.319 e. The van der Waals surface area contributed by atoms with Crippen molar-refractivity contribution in [3.8, 4) is 0 Å². The lowest BCUT2D eigenvalue weighted by Crippen LogP contribution is -2.27. The standard InChI is InChI=1S/C11H14N4OS/c1-8-10(7-15(2)14-8)13-11(16)12-6-9-4-3-5-17-9/h3-5,7H,6H2,1-2H3,(H2,12,13,16). The van der Waals surface area contributed by atoms with Gasteiger partial charge in [-0.1, -0.05) is 6.07 Å². The van der Waals surface area contributed by atoms with Crippen molar-refractivity contribution >= 4 is 23.1 Å². The summed E-state index contributed by atoms with van der Waals surface area (Å²) >= 11 is 1.62. The normalized spacial score (nSPS) is 10.2. The third kappa shape index (κ3) is 3.07. The Hall–Kier alpha value is -1.82. The SMILES string of the molecule is Cc1nn(C)cc1NC(=O)NCc1cccs1. The fraction of sp³-hybridized carbons (Fsp3) is 0.273. The molecule has 2 aromatic heterocycles. The summed E-state index contributed by atoms with van der Waals surface area (Å²) in [6, 6.07) is 3.74. The number of rotatable bonds is 3. The van der Waals surface area contributed by atoms with Crippen LogP contribution in [-0.2, 0) is 13.6 Å². The van der Waals surface area contributed by atoms with Gasteiger partial charge in [0.1, 0.15) is 0 Å². The second kappa shape index (κ2) is 5.01. The van der Waals surface area contributed by atoms with Crippen LogP contribution in [0.15, 0.2) is 23.7 Å². The number of aryl methyl sites for hydroxylation is 2. The molecule has 0 atom stereocenters. The molecule has 0 aromatic carbocycles. The zero-order valence-corrected chi connectivity index (χ0v) is 10.5. The number of urea groups is 1. The van der Waals surface area contributed by atoms with E-state index >= 15 is 0 Å². The number of aromatic nitrogens is 2. The van der Waals surface area contributed by atoms with Crippen LogP contribution < -0.4 is 10.6 Å². The number of amides is 2. The summed E-state index contributed by atoms with van der Waals surface area (Å²) < 4.78 is 1.67. The molecule has 0 saturated carbocycles. The highest BCUT2D eigenvalue weighted by molar-refractivity contribution is 7.09. The number of carbonyl (C=O) groups is 1. The van der Waals surface area contributed by atoms with Gasteiger partial charge in [-0.05, 0) is 18.4 Å². The summed E-state index contributed by atoms with van der Waals surface area (Å²) in [5, 5.41) is 11.7. The summed E-state index contributed by atoms with van der Waals surface area (Å²) in [7, 11) is 1.82. The molecule has 0 saturated heterocycles. The van der Waals surface area contributed by atoms with Crippen LogP contribution in [0.4, 0.5) is 10.5 Å². The van der Waals surface area contributed by atoms with Gasteiger partial charge in [0.25, 0.3) is 0 Å². The predicted octanol–water partition coefficient (Wildman–Crippen LogP) is 2.11. The van der Waals surface area contributed by atoms with Crippen molar-refractivity contribution < 1.29 is 4.79 Å². The van der Waals surface area contributed by atoms with Crippen LogP contribution in [0.2, 0.25) is 0 Å². The monoisotopic (exact) mass is 250 g/mol. The smallest absolute Gasteiger partial charge is 0.319 e. The molecule has 2 heterocycles. The van der Waals surface area contributed by atoms with E-state index in [1.807, 2.05) is 31.5 Å². The van der Waals surface area contributed by atoms with Gasteiger partial charge >= 0.3 is 6.03 Å². The van der Waals surface area contributed by atoms with Crippen LogP contribution in [0, 0.1) is 6.92 Å². The summed E-state index contributed by atoms with van der Waals surface area (Å²) in [6.45, 7) is 2.40. The molecule has 0 fully saturated rings. The second-order valence-electron chi connectivity index (χ2n) is 3.69. The van der Waals surface area contributed by atoms with Crippen molar-refractivity contribution in [2.45, 2.75) is 13.5 Å². The van der Waals surface area contributed by atoms with Gasteiger partial charge in [-0.25, -0.2) is 4.79 Å². The first kappa shape index (κ1) is 11.7. The van der Waals surface area contributed by atoms with E-state index in [9.17, 15) is 4.79 Å². The van der Waals surface area contributed by atoms with Gasteiger partial charge in [0, 0.05) is 18.1 Å². The molecule has 2 amide bonds. The summed E-state index contributed by atoms with van der Waals surface area (Å²) in [6.07, 6.45) is 1.78. The van der Waals surface area contributed by atoms with Crippen LogP contribution >= 0.6 is 11.3 Å². The fourth-order valence-electron chi connectivity index (χ4n) is 1.47. The van der Waals surface area contributed by atoms with E-state index in [0.717, 1.165) is 16.3 Å². The van der Waals surface area contributed by atoms with Crippen molar-refractivity contribution in [1.29, 1.82) is 0 Å². The lowest BCUT2D eigenvalue weighted by atomic mass is 10.4. The number of anilines is 1. The van der Waals surface area contributed by atoms with Crippen molar-refractivity contribution in [3.63, 3.8) is 0 Å². The summed E-state index contributed by atoms with van der Waals surface area (Å²) in [5.41, 5.74) is 1.54. The summed E-state index contributed by atoms with van der Waals surface area (Å²) in [5.74, 6) is 0. The Kier molecular flexibility index (Phi) is 3.43. The Balaban J connectivity index is 1.87. The van der Waals surface area contributed by atoms with E-state index in [2.05, 4.69) is 15.7 Å². The van der Waals surface area contributed by atoms with Gasteiger partial charge in [-0.3, -0.25) is 4.68 Å². The highest BCUT2D eigenvalue weighted by Gasteiger charge is 2.07. The van der Waals surface area contributed by atoms with Gasteiger partial charge in [-0.15, -0.1) is 11.3 Å². The lowest BCUT2D eigenvalue weighted by Gasteiger charge is -2.05. The summed E-state index contributed by atoms with van der Waals surface area (Å²) in [4.78, 5) is 12.7. The minimum absolute atomic E-state index is 0.213.